The molecule has 1 atom stereocenters. The van der Waals surface area contributed by atoms with Crippen molar-refractivity contribution in [1.82, 2.24) is 4.57 Å². The second kappa shape index (κ2) is 4.59. The van der Waals surface area contributed by atoms with Gasteiger partial charge in [0.2, 0.25) is 0 Å². The molecule has 4 heteroatoms. The summed E-state index contributed by atoms with van der Waals surface area (Å²) in [5.41, 5.74) is 1.75. The Hall–Kier alpha value is -1.19. The molecule has 0 aliphatic heterocycles. The van der Waals surface area contributed by atoms with Crippen LogP contribution in [0.5, 0.6) is 5.75 Å². The number of hydrogen-bond donors (Lipinski definition) is 1. The lowest BCUT2D eigenvalue weighted by Crippen LogP contribution is -1.92. The van der Waals surface area contributed by atoms with Crippen LogP contribution in [0.15, 0.2) is 18.2 Å². The molecule has 1 unspecified atom stereocenters. The molecular formula is C13H16ClNO2. The predicted octanol–water partition coefficient (Wildman–Crippen LogP) is 3.28. The van der Waals surface area contributed by atoms with Gasteiger partial charge in [-0.3, -0.25) is 0 Å². The van der Waals surface area contributed by atoms with Gasteiger partial charge in [-0.15, -0.1) is 0 Å². The molecule has 3 nitrogen and oxygen atoms in total. The van der Waals surface area contributed by atoms with Gasteiger partial charge in [0.25, 0.3) is 0 Å². The third kappa shape index (κ3) is 2.01. The molecule has 2 rings (SSSR count). The van der Waals surface area contributed by atoms with Gasteiger partial charge in [0.1, 0.15) is 10.9 Å². The van der Waals surface area contributed by atoms with Gasteiger partial charge in [-0.05, 0) is 32.0 Å². The van der Waals surface area contributed by atoms with E-state index in [-0.39, 0.29) is 0 Å². The van der Waals surface area contributed by atoms with Gasteiger partial charge in [0, 0.05) is 23.5 Å². The Balaban J connectivity index is 2.70. The number of aryl methyl sites for hydroxylation is 1. The van der Waals surface area contributed by atoms with Crippen molar-refractivity contribution in [2.24, 2.45) is 7.05 Å². The number of aliphatic hydroxyl groups is 1. The van der Waals surface area contributed by atoms with Gasteiger partial charge in [-0.1, -0.05) is 11.6 Å². The van der Waals surface area contributed by atoms with Gasteiger partial charge in [0.05, 0.1) is 12.7 Å². The number of fused-ring (bicyclic) bond motifs is 1. The Morgan fingerprint density at radius 3 is 2.76 bits per heavy atom. The molecule has 92 valence electrons. The van der Waals surface area contributed by atoms with Gasteiger partial charge < -0.3 is 14.4 Å². The van der Waals surface area contributed by atoms with Crippen molar-refractivity contribution in [2.75, 3.05) is 6.61 Å². The Morgan fingerprint density at radius 1 is 1.47 bits per heavy atom. The van der Waals surface area contributed by atoms with Crippen LogP contribution in [0.1, 0.15) is 25.5 Å². The van der Waals surface area contributed by atoms with Crippen molar-refractivity contribution >= 4 is 22.5 Å². The van der Waals surface area contributed by atoms with Gasteiger partial charge in [0.15, 0.2) is 0 Å². The first-order valence-corrected chi connectivity index (χ1v) is 6.02. The molecule has 0 radical (unpaired) electrons. The summed E-state index contributed by atoms with van der Waals surface area (Å²) >= 11 is 6.22. The number of aromatic nitrogens is 1. The molecule has 1 heterocycles. The van der Waals surface area contributed by atoms with E-state index in [1.807, 2.05) is 36.7 Å². The monoisotopic (exact) mass is 253 g/mol. The van der Waals surface area contributed by atoms with Crippen molar-refractivity contribution in [3.63, 3.8) is 0 Å². The molecule has 1 N–H and O–H groups in total. The van der Waals surface area contributed by atoms with Crippen molar-refractivity contribution in [3.8, 4) is 5.75 Å². The number of benzene rings is 1. The predicted molar refractivity (Wildman–Crippen MR) is 69.7 cm³/mol. The van der Waals surface area contributed by atoms with Crippen LogP contribution in [-0.4, -0.2) is 16.3 Å². The summed E-state index contributed by atoms with van der Waals surface area (Å²) in [6.45, 7) is 4.28. The van der Waals surface area contributed by atoms with E-state index in [0.717, 1.165) is 22.2 Å². The molecule has 0 fully saturated rings. The van der Waals surface area contributed by atoms with Gasteiger partial charge >= 0.3 is 0 Å². The largest absolute Gasteiger partial charge is 0.494 e. The minimum absolute atomic E-state index is 0.573. The summed E-state index contributed by atoms with van der Waals surface area (Å²) in [6, 6.07) is 5.79. The number of rotatable bonds is 3. The second-order valence-corrected chi connectivity index (χ2v) is 4.41. The molecule has 0 spiro atoms. The van der Waals surface area contributed by atoms with E-state index in [4.69, 9.17) is 16.3 Å². The quantitative estimate of drug-likeness (QED) is 0.911. The van der Waals surface area contributed by atoms with Crippen LogP contribution >= 0.6 is 11.6 Å². The van der Waals surface area contributed by atoms with Crippen LogP contribution in [0.25, 0.3) is 10.9 Å². The molecule has 17 heavy (non-hydrogen) atoms. The average Bonchev–Trinajstić information content (AvgIpc) is 2.52. The molecule has 2 aromatic rings. The fourth-order valence-corrected chi connectivity index (χ4v) is 2.43. The Labute approximate surface area is 106 Å². The standard InChI is InChI=1S/C13H16ClNO2/c1-4-17-9-5-6-11-10(7-9)12(8(2)16)13(14)15(11)3/h5-8,16H,4H2,1-3H3. The highest BCUT2D eigenvalue weighted by atomic mass is 35.5. The maximum atomic E-state index is 9.80. The van der Waals surface area contributed by atoms with Crippen LogP contribution in [0.3, 0.4) is 0 Å². The summed E-state index contributed by atoms with van der Waals surface area (Å²) in [6.07, 6.45) is -0.594. The van der Waals surface area contributed by atoms with E-state index in [2.05, 4.69) is 0 Å². The van der Waals surface area contributed by atoms with Crippen LogP contribution < -0.4 is 4.74 Å². The lowest BCUT2D eigenvalue weighted by molar-refractivity contribution is 0.201. The van der Waals surface area contributed by atoms with Crippen molar-refractivity contribution < 1.29 is 9.84 Å². The van der Waals surface area contributed by atoms with E-state index < -0.39 is 6.10 Å². The molecular weight excluding hydrogens is 238 g/mol. The SMILES string of the molecule is CCOc1ccc2c(c1)c(C(C)O)c(Cl)n2C. The van der Waals surface area contributed by atoms with E-state index >= 15 is 0 Å². The minimum Gasteiger partial charge on any atom is -0.494 e. The first-order valence-electron chi connectivity index (χ1n) is 5.65. The van der Waals surface area contributed by atoms with E-state index in [1.165, 1.54) is 0 Å². The topological polar surface area (TPSA) is 34.4 Å². The third-order valence-corrected chi connectivity index (χ3v) is 3.32. The fourth-order valence-electron chi connectivity index (χ4n) is 2.07. The van der Waals surface area contributed by atoms with Crippen LogP contribution in [0.2, 0.25) is 5.15 Å². The zero-order valence-electron chi connectivity index (χ0n) is 10.2. The van der Waals surface area contributed by atoms with E-state index in [0.29, 0.717) is 11.8 Å². The van der Waals surface area contributed by atoms with Crippen molar-refractivity contribution in [1.29, 1.82) is 0 Å². The summed E-state index contributed by atoms with van der Waals surface area (Å²) in [4.78, 5) is 0. The molecule has 0 amide bonds. The molecule has 0 saturated carbocycles. The Morgan fingerprint density at radius 2 is 2.18 bits per heavy atom. The Kier molecular flexibility index (Phi) is 3.31. The normalized spacial score (nSPS) is 13.0. The summed E-state index contributed by atoms with van der Waals surface area (Å²) in [5.74, 6) is 0.796. The molecule has 0 bridgehead atoms. The molecule has 0 aliphatic rings. The molecule has 0 saturated heterocycles. The van der Waals surface area contributed by atoms with Crippen LogP contribution in [-0.2, 0) is 7.05 Å². The number of hydrogen-bond acceptors (Lipinski definition) is 2. The molecule has 0 aliphatic carbocycles. The zero-order valence-corrected chi connectivity index (χ0v) is 11.0. The Bertz CT molecular complexity index is 546. The fraction of sp³-hybridized carbons (Fsp3) is 0.385. The van der Waals surface area contributed by atoms with Gasteiger partial charge in [-0.2, -0.15) is 0 Å². The average molecular weight is 254 g/mol. The second-order valence-electron chi connectivity index (χ2n) is 4.05. The molecule has 1 aromatic heterocycles. The molecule has 1 aromatic carbocycles. The van der Waals surface area contributed by atoms with Crippen LogP contribution in [0, 0.1) is 0 Å². The highest BCUT2D eigenvalue weighted by Crippen LogP contribution is 2.35. The lowest BCUT2D eigenvalue weighted by atomic mass is 10.1. The van der Waals surface area contributed by atoms with E-state index in [1.54, 1.807) is 6.92 Å². The number of aliphatic hydroxyl groups excluding tert-OH is 1. The van der Waals surface area contributed by atoms with E-state index in [9.17, 15) is 5.11 Å². The summed E-state index contributed by atoms with van der Waals surface area (Å²) in [7, 11) is 1.89. The first-order chi connectivity index (χ1) is 8.06. The van der Waals surface area contributed by atoms with Crippen molar-refractivity contribution in [2.45, 2.75) is 20.0 Å². The highest BCUT2D eigenvalue weighted by Gasteiger charge is 2.17. The van der Waals surface area contributed by atoms with Gasteiger partial charge in [-0.25, -0.2) is 0 Å². The number of halogens is 1. The summed E-state index contributed by atoms with van der Waals surface area (Å²) < 4.78 is 7.33. The number of ether oxygens (including phenoxy) is 1. The maximum Gasteiger partial charge on any atom is 0.120 e. The summed E-state index contributed by atoms with van der Waals surface area (Å²) in [5, 5.41) is 11.3. The lowest BCUT2D eigenvalue weighted by Gasteiger charge is -2.05. The maximum absolute atomic E-state index is 9.80. The smallest absolute Gasteiger partial charge is 0.120 e. The zero-order chi connectivity index (χ0) is 12.6. The third-order valence-electron chi connectivity index (χ3n) is 2.87. The number of nitrogens with zero attached hydrogens (tertiary/aromatic N) is 1. The highest BCUT2D eigenvalue weighted by molar-refractivity contribution is 6.32. The minimum atomic E-state index is -0.594. The van der Waals surface area contributed by atoms with Crippen LogP contribution in [0.4, 0.5) is 0 Å². The van der Waals surface area contributed by atoms with Crippen molar-refractivity contribution in [3.05, 3.63) is 28.9 Å². The first kappa shape index (κ1) is 12.3.